The van der Waals surface area contributed by atoms with Crippen molar-refractivity contribution in [1.82, 2.24) is 14.9 Å². The van der Waals surface area contributed by atoms with Gasteiger partial charge in [-0.1, -0.05) is 0 Å². The van der Waals surface area contributed by atoms with E-state index < -0.39 is 10.0 Å². The number of likely N-dealkylation sites (tertiary alicyclic amines) is 1. The zero-order valence-corrected chi connectivity index (χ0v) is 10.6. The molecule has 0 aliphatic carbocycles. The molecule has 6 heteroatoms. The van der Waals surface area contributed by atoms with Crippen molar-refractivity contribution in [3.05, 3.63) is 0 Å². The molecular weight excluding hydrogens is 226 g/mol. The lowest BCUT2D eigenvalue weighted by atomic mass is 10.1. The average molecular weight is 247 g/mol. The van der Waals surface area contributed by atoms with E-state index in [9.17, 15) is 8.42 Å². The highest BCUT2D eigenvalue weighted by atomic mass is 32.2. The van der Waals surface area contributed by atoms with Gasteiger partial charge in [0.25, 0.3) is 0 Å². The van der Waals surface area contributed by atoms with E-state index in [0.29, 0.717) is 19.0 Å². The molecule has 2 unspecified atom stereocenters. The molecular formula is C10H21N3O2S. The summed E-state index contributed by atoms with van der Waals surface area (Å²) in [4.78, 5) is 2.25. The number of sulfonamides is 1. The second-order valence-corrected chi connectivity index (χ2v) is 6.97. The molecule has 0 aromatic rings. The lowest BCUT2D eigenvalue weighted by Crippen LogP contribution is -2.38. The minimum atomic E-state index is -3.10. The predicted octanol–water partition coefficient (Wildman–Crippen LogP) is -0.781. The van der Waals surface area contributed by atoms with Crippen LogP contribution in [0.3, 0.4) is 0 Å². The Morgan fingerprint density at radius 3 is 2.81 bits per heavy atom. The molecule has 2 atom stereocenters. The number of nitrogens with one attached hydrogen (secondary N) is 2. The molecule has 2 aliphatic heterocycles. The van der Waals surface area contributed by atoms with Gasteiger partial charge in [0.15, 0.2) is 0 Å². The van der Waals surface area contributed by atoms with E-state index in [2.05, 4.69) is 22.0 Å². The van der Waals surface area contributed by atoms with E-state index in [1.807, 2.05) is 0 Å². The van der Waals surface area contributed by atoms with Crippen molar-refractivity contribution in [3.63, 3.8) is 0 Å². The molecule has 16 heavy (non-hydrogen) atoms. The molecule has 0 spiro atoms. The van der Waals surface area contributed by atoms with Crippen LogP contribution in [0.1, 0.15) is 12.8 Å². The third-order valence-corrected chi connectivity index (χ3v) is 5.37. The first-order chi connectivity index (χ1) is 7.58. The Bertz CT molecular complexity index is 325. The molecule has 2 saturated heterocycles. The minimum Gasteiger partial charge on any atom is -0.315 e. The summed E-state index contributed by atoms with van der Waals surface area (Å²) in [5.74, 6) is 0.481. The van der Waals surface area contributed by atoms with Crippen LogP contribution >= 0.6 is 0 Å². The normalized spacial score (nSPS) is 32.3. The first-order valence-electron chi connectivity index (χ1n) is 5.95. The second kappa shape index (κ2) is 5.00. The van der Waals surface area contributed by atoms with Gasteiger partial charge in [-0.25, -0.2) is 13.1 Å². The molecule has 0 amide bonds. The molecule has 2 heterocycles. The highest BCUT2D eigenvalue weighted by Gasteiger charge is 2.29. The summed E-state index contributed by atoms with van der Waals surface area (Å²) in [7, 11) is -1.02. The van der Waals surface area contributed by atoms with Gasteiger partial charge in [0.1, 0.15) is 0 Å². The molecule has 2 N–H and O–H groups in total. The fourth-order valence-corrected chi connectivity index (χ4v) is 3.91. The summed E-state index contributed by atoms with van der Waals surface area (Å²) in [5, 5.41) is 2.86. The van der Waals surface area contributed by atoms with E-state index in [4.69, 9.17) is 0 Å². The van der Waals surface area contributed by atoms with E-state index in [-0.39, 0.29) is 5.25 Å². The third kappa shape index (κ3) is 2.94. The topological polar surface area (TPSA) is 61.4 Å². The highest BCUT2D eigenvalue weighted by molar-refractivity contribution is 7.90. The quantitative estimate of drug-likeness (QED) is 0.684. The summed E-state index contributed by atoms with van der Waals surface area (Å²) in [6.45, 7) is 4.10. The van der Waals surface area contributed by atoms with Crippen LogP contribution in [0.5, 0.6) is 0 Å². The third-order valence-electron chi connectivity index (χ3n) is 3.52. The van der Waals surface area contributed by atoms with Crippen LogP contribution in [0.15, 0.2) is 0 Å². The predicted molar refractivity (Wildman–Crippen MR) is 63.8 cm³/mol. The maximum absolute atomic E-state index is 11.9. The van der Waals surface area contributed by atoms with Crippen molar-refractivity contribution in [2.24, 2.45) is 5.92 Å². The van der Waals surface area contributed by atoms with Crippen molar-refractivity contribution >= 4 is 10.0 Å². The summed E-state index contributed by atoms with van der Waals surface area (Å²) in [5.41, 5.74) is 0. The van der Waals surface area contributed by atoms with E-state index in [1.54, 1.807) is 0 Å². The van der Waals surface area contributed by atoms with Gasteiger partial charge in [-0.3, -0.25) is 0 Å². The first-order valence-corrected chi connectivity index (χ1v) is 7.50. The summed E-state index contributed by atoms with van der Waals surface area (Å²) < 4.78 is 26.6. The summed E-state index contributed by atoms with van der Waals surface area (Å²) in [6.07, 6.45) is 1.84. The summed E-state index contributed by atoms with van der Waals surface area (Å²) in [6, 6.07) is 0. The van der Waals surface area contributed by atoms with Gasteiger partial charge in [0.05, 0.1) is 5.25 Å². The van der Waals surface area contributed by atoms with Gasteiger partial charge < -0.3 is 10.2 Å². The van der Waals surface area contributed by atoms with E-state index in [1.165, 1.54) is 0 Å². The fraction of sp³-hybridized carbons (Fsp3) is 1.00. The molecule has 0 saturated carbocycles. The molecule has 0 aromatic carbocycles. The van der Waals surface area contributed by atoms with Crippen LogP contribution in [-0.2, 0) is 10.0 Å². The SMILES string of the molecule is CN1CCC(CNS(=O)(=O)C2CCNC2)C1. The van der Waals surface area contributed by atoms with Gasteiger partial charge in [0.2, 0.25) is 10.0 Å². The number of nitrogens with zero attached hydrogens (tertiary/aromatic N) is 1. The van der Waals surface area contributed by atoms with Crippen LogP contribution in [0.2, 0.25) is 0 Å². The van der Waals surface area contributed by atoms with Gasteiger partial charge in [0, 0.05) is 19.6 Å². The van der Waals surface area contributed by atoms with Crippen LogP contribution in [0.4, 0.5) is 0 Å². The Morgan fingerprint density at radius 2 is 2.25 bits per heavy atom. The Hall–Kier alpha value is -0.170. The Balaban J connectivity index is 1.80. The molecule has 2 rings (SSSR count). The van der Waals surface area contributed by atoms with Gasteiger partial charge in [-0.2, -0.15) is 0 Å². The highest BCUT2D eigenvalue weighted by Crippen LogP contribution is 2.14. The zero-order valence-electron chi connectivity index (χ0n) is 9.78. The monoisotopic (exact) mass is 247 g/mol. The smallest absolute Gasteiger partial charge is 0.215 e. The van der Waals surface area contributed by atoms with E-state index >= 15 is 0 Å². The van der Waals surface area contributed by atoms with Crippen LogP contribution in [0, 0.1) is 5.92 Å². The fourth-order valence-electron chi connectivity index (χ4n) is 2.44. The van der Waals surface area contributed by atoms with Crippen molar-refractivity contribution in [2.45, 2.75) is 18.1 Å². The average Bonchev–Trinajstić information content (AvgIpc) is 2.85. The van der Waals surface area contributed by atoms with Crippen molar-refractivity contribution in [3.8, 4) is 0 Å². The molecule has 0 bridgehead atoms. The Morgan fingerprint density at radius 1 is 1.44 bits per heavy atom. The lowest BCUT2D eigenvalue weighted by Gasteiger charge is -2.15. The molecule has 0 aromatic heterocycles. The number of hydrogen-bond acceptors (Lipinski definition) is 4. The summed E-state index contributed by atoms with van der Waals surface area (Å²) >= 11 is 0. The molecule has 5 nitrogen and oxygen atoms in total. The maximum atomic E-state index is 11.9. The second-order valence-electron chi connectivity index (χ2n) is 4.93. The van der Waals surface area contributed by atoms with Gasteiger partial charge >= 0.3 is 0 Å². The minimum absolute atomic E-state index is 0.230. The van der Waals surface area contributed by atoms with Gasteiger partial charge in [-0.05, 0) is 38.9 Å². The molecule has 0 radical (unpaired) electrons. The first kappa shape index (κ1) is 12.3. The van der Waals surface area contributed by atoms with Crippen LogP contribution in [0.25, 0.3) is 0 Å². The van der Waals surface area contributed by atoms with Crippen LogP contribution < -0.4 is 10.0 Å². The standard InChI is InChI=1S/C10H21N3O2S/c1-13-5-3-9(8-13)6-12-16(14,15)10-2-4-11-7-10/h9-12H,2-8H2,1H3. The van der Waals surface area contributed by atoms with E-state index in [0.717, 1.165) is 32.5 Å². The van der Waals surface area contributed by atoms with Crippen LogP contribution in [-0.4, -0.2) is 58.3 Å². The largest absolute Gasteiger partial charge is 0.315 e. The molecule has 2 aliphatic rings. The number of rotatable bonds is 4. The van der Waals surface area contributed by atoms with Crippen molar-refractivity contribution < 1.29 is 8.42 Å². The number of hydrogen-bond donors (Lipinski definition) is 2. The van der Waals surface area contributed by atoms with Crippen molar-refractivity contribution in [2.75, 3.05) is 39.8 Å². The van der Waals surface area contributed by atoms with Crippen molar-refractivity contribution in [1.29, 1.82) is 0 Å². The molecule has 94 valence electrons. The maximum Gasteiger partial charge on any atom is 0.215 e. The lowest BCUT2D eigenvalue weighted by molar-refractivity contribution is 0.394. The Labute approximate surface area is 97.6 Å². The van der Waals surface area contributed by atoms with Gasteiger partial charge in [-0.15, -0.1) is 0 Å². The molecule has 2 fully saturated rings. The Kier molecular flexibility index (Phi) is 3.84. The zero-order chi connectivity index (χ0) is 11.6.